The fraction of sp³-hybridized carbons (Fsp3) is 0.235. The van der Waals surface area contributed by atoms with E-state index in [0.29, 0.717) is 18.3 Å². The van der Waals surface area contributed by atoms with Gasteiger partial charge >= 0.3 is 0 Å². The summed E-state index contributed by atoms with van der Waals surface area (Å²) in [5.74, 6) is 1.69. The van der Waals surface area contributed by atoms with E-state index in [9.17, 15) is 0 Å². The highest BCUT2D eigenvalue weighted by Gasteiger charge is 2.00. The number of thiocarbonyl (C=S) groups is 1. The van der Waals surface area contributed by atoms with Gasteiger partial charge in [-0.15, -0.1) is 0 Å². The van der Waals surface area contributed by atoms with Crippen molar-refractivity contribution in [3.8, 4) is 11.5 Å². The van der Waals surface area contributed by atoms with Crippen LogP contribution >= 0.6 is 12.2 Å². The topological polar surface area (TPSA) is 42.5 Å². The maximum Gasteiger partial charge on any atom is 0.171 e. The second-order valence-electron chi connectivity index (χ2n) is 4.62. The lowest BCUT2D eigenvalue weighted by Gasteiger charge is -2.11. The molecule has 0 amide bonds. The Labute approximate surface area is 136 Å². The molecule has 0 radical (unpaired) electrons. The fourth-order valence-corrected chi connectivity index (χ4v) is 2.13. The van der Waals surface area contributed by atoms with E-state index in [2.05, 4.69) is 10.6 Å². The van der Waals surface area contributed by atoms with Gasteiger partial charge in [-0.2, -0.15) is 0 Å². The van der Waals surface area contributed by atoms with E-state index in [1.54, 1.807) is 7.11 Å². The Morgan fingerprint density at radius 2 is 1.86 bits per heavy atom. The van der Waals surface area contributed by atoms with E-state index in [1.807, 2.05) is 55.5 Å². The van der Waals surface area contributed by atoms with Crippen LogP contribution in [0.1, 0.15) is 12.5 Å². The third-order valence-electron chi connectivity index (χ3n) is 3.01. The van der Waals surface area contributed by atoms with E-state index in [4.69, 9.17) is 21.7 Å². The lowest BCUT2D eigenvalue weighted by molar-refractivity contribution is 0.340. The summed E-state index contributed by atoms with van der Waals surface area (Å²) in [6.45, 7) is 3.26. The average molecular weight is 316 g/mol. The van der Waals surface area contributed by atoms with Gasteiger partial charge < -0.3 is 20.1 Å². The van der Waals surface area contributed by atoms with Crippen LogP contribution in [0.5, 0.6) is 11.5 Å². The molecule has 4 nitrogen and oxygen atoms in total. The first kappa shape index (κ1) is 16.1. The molecule has 0 unspecified atom stereocenters. The van der Waals surface area contributed by atoms with Crippen molar-refractivity contribution >= 4 is 23.0 Å². The molecule has 0 spiro atoms. The summed E-state index contributed by atoms with van der Waals surface area (Å²) in [5, 5.41) is 6.89. The summed E-state index contributed by atoms with van der Waals surface area (Å²) < 4.78 is 10.6. The highest BCUT2D eigenvalue weighted by atomic mass is 32.1. The van der Waals surface area contributed by atoms with Gasteiger partial charge in [-0.3, -0.25) is 0 Å². The summed E-state index contributed by atoms with van der Waals surface area (Å²) in [7, 11) is 1.66. The molecular weight excluding hydrogens is 296 g/mol. The molecule has 5 heteroatoms. The van der Waals surface area contributed by atoms with Crippen molar-refractivity contribution in [3.63, 3.8) is 0 Å². The molecule has 0 aliphatic carbocycles. The molecule has 2 N–H and O–H groups in total. The Kier molecular flexibility index (Phi) is 6.03. The number of rotatable bonds is 6. The van der Waals surface area contributed by atoms with Crippen molar-refractivity contribution in [1.82, 2.24) is 5.32 Å². The van der Waals surface area contributed by atoms with Crippen LogP contribution in [-0.4, -0.2) is 18.8 Å². The number of benzene rings is 2. The molecule has 0 saturated heterocycles. The van der Waals surface area contributed by atoms with E-state index in [-0.39, 0.29) is 0 Å². The Hall–Kier alpha value is -2.27. The number of nitrogens with one attached hydrogen (secondary N) is 2. The first-order chi connectivity index (χ1) is 10.7. The zero-order valence-corrected chi connectivity index (χ0v) is 13.6. The van der Waals surface area contributed by atoms with Crippen LogP contribution in [0.4, 0.5) is 5.69 Å². The van der Waals surface area contributed by atoms with Crippen molar-refractivity contribution < 1.29 is 9.47 Å². The summed E-state index contributed by atoms with van der Waals surface area (Å²) in [6.07, 6.45) is 0. The van der Waals surface area contributed by atoms with Crippen LogP contribution in [0.15, 0.2) is 48.5 Å². The molecule has 116 valence electrons. The van der Waals surface area contributed by atoms with Crippen molar-refractivity contribution in [2.45, 2.75) is 13.5 Å². The van der Waals surface area contributed by atoms with E-state index >= 15 is 0 Å². The summed E-state index contributed by atoms with van der Waals surface area (Å²) in [4.78, 5) is 0. The predicted octanol–water partition coefficient (Wildman–Crippen LogP) is 3.58. The fourth-order valence-electron chi connectivity index (χ4n) is 1.94. The zero-order chi connectivity index (χ0) is 15.8. The standard InChI is InChI=1S/C17H20N2O2S/c1-3-21-15-9-7-14(8-10-15)19-17(22)18-12-13-5-4-6-16(11-13)20-2/h4-11H,3,12H2,1-2H3,(H2,18,19,22). The lowest BCUT2D eigenvalue weighted by Crippen LogP contribution is -2.27. The molecule has 0 aromatic heterocycles. The third kappa shape index (κ3) is 4.93. The molecule has 0 aliphatic heterocycles. The zero-order valence-electron chi connectivity index (χ0n) is 12.8. The van der Waals surface area contributed by atoms with Gasteiger partial charge in [0.15, 0.2) is 5.11 Å². The number of hydrogen-bond donors (Lipinski definition) is 2. The van der Waals surface area contributed by atoms with Crippen molar-refractivity contribution in [2.75, 3.05) is 19.0 Å². The van der Waals surface area contributed by atoms with Crippen LogP contribution in [0.3, 0.4) is 0 Å². The Morgan fingerprint density at radius 1 is 1.09 bits per heavy atom. The van der Waals surface area contributed by atoms with Gasteiger partial charge in [0.2, 0.25) is 0 Å². The van der Waals surface area contributed by atoms with Crippen molar-refractivity contribution in [1.29, 1.82) is 0 Å². The van der Waals surface area contributed by atoms with Crippen LogP contribution in [-0.2, 0) is 6.54 Å². The monoisotopic (exact) mass is 316 g/mol. The molecular formula is C17H20N2O2S. The largest absolute Gasteiger partial charge is 0.497 e. The van der Waals surface area contributed by atoms with Gasteiger partial charge in [0.05, 0.1) is 13.7 Å². The molecule has 0 aliphatic rings. The molecule has 22 heavy (non-hydrogen) atoms. The van der Waals surface area contributed by atoms with Crippen LogP contribution in [0.2, 0.25) is 0 Å². The van der Waals surface area contributed by atoms with Gasteiger partial charge in [-0.05, 0) is 61.1 Å². The maximum atomic E-state index is 5.40. The molecule has 0 heterocycles. The summed E-state index contributed by atoms with van der Waals surface area (Å²) >= 11 is 5.30. The van der Waals surface area contributed by atoms with E-state index in [0.717, 1.165) is 22.7 Å². The van der Waals surface area contributed by atoms with E-state index in [1.165, 1.54) is 0 Å². The summed E-state index contributed by atoms with van der Waals surface area (Å²) in [6, 6.07) is 15.6. The third-order valence-corrected chi connectivity index (χ3v) is 3.26. The predicted molar refractivity (Wildman–Crippen MR) is 93.7 cm³/mol. The number of anilines is 1. The lowest BCUT2D eigenvalue weighted by atomic mass is 10.2. The van der Waals surface area contributed by atoms with Gasteiger partial charge in [0.1, 0.15) is 11.5 Å². The second-order valence-corrected chi connectivity index (χ2v) is 5.02. The van der Waals surface area contributed by atoms with Crippen LogP contribution < -0.4 is 20.1 Å². The quantitative estimate of drug-likeness (QED) is 0.797. The Morgan fingerprint density at radius 3 is 2.55 bits per heavy atom. The second kappa shape index (κ2) is 8.24. The van der Waals surface area contributed by atoms with E-state index < -0.39 is 0 Å². The molecule has 0 fully saturated rings. The van der Waals surface area contributed by atoms with Gasteiger partial charge in [-0.1, -0.05) is 12.1 Å². The number of methoxy groups -OCH3 is 1. The minimum Gasteiger partial charge on any atom is -0.497 e. The minimum absolute atomic E-state index is 0.576. The molecule has 2 aromatic rings. The van der Waals surface area contributed by atoms with Crippen LogP contribution in [0.25, 0.3) is 0 Å². The first-order valence-corrected chi connectivity index (χ1v) is 7.52. The van der Waals surface area contributed by atoms with Crippen LogP contribution in [0, 0.1) is 0 Å². The first-order valence-electron chi connectivity index (χ1n) is 7.12. The minimum atomic E-state index is 0.576. The van der Waals surface area contributed by atoms with Gasteiger partial charge in [-0.25, -0.2) is 0 Å². The van der Waals surface area contributed by atoms with Gasteiger partial charge in [0.25, 0.3) is 0 Å². The number of hydrogen-bond acceptors (Lipinski definition) is 3. The highest BCUT2D eigenvalue weighted by molar-refractivity contribution is 7.80. The summed E-state index contributed by atoms with van der Waals surface area (Å²) in [5.41, 5.74) is 2.03. The van der Waals surface area contributed by atoms with Gasteiger partial charge in [0, 0.05) is 12.2 Å². The Bertz CT molecular complexity index is 614. The average Bonchev–Trinajstić information content (AvgIpc) is 2.55. The number of ether oxygens (including phenoxy) is 2. The maximum absolute atomic E-state index is 5.40. The smallest absolute Gasteiger partial charge is 0.171 e. The van der Waals surface area contributed by atoms with Crippen molar-refractivity contribution in [2.24, 2.45) is 0 Å². The molecule has 0 atom stereocenters. The van der Waals surface area contributed by atoms with Crippen molar-refractivity contribution in [3.05, 3.63) is 54.1 Å². The SMILES string of the molecule is CCOc1ccc(NC(=S)NCc2cccc(OC)c2)cc1. The highest BCUT2D eigenvalue weighted by Crippen LogP contribution is 2.16. The molecule has 2 rings (SSSR count). The molecule has 0 saturated carbocycles. The normalized spacial score (nSPS) is 9.91. The molecule has 0 bridgehead atoms. The Balaban J connectivity index is 1.84. The molecule has 2 aromatic carbocycles.